The Hall–Kier alpha value is -3.14. The molecule has 3 rings (SSSR count). The summed E-state index contributed by atoms with van der Waals surface area (Å²) in [6.45, 7) is 0. The summed E-state index contributed by atoms with van der Waals surface area (Å²) in [6, 6.07) is 22.7. The molecule has 0 aliphatic heterocycles. The molecule has 3 aromatic rings. The molecule has 0 atom stereocenters. The number of nitrogens with one attached hydrogen (secondary N) is 1. The van der Waals surface area contributed by atoms with Crippen molar-refractivity contribution in [3.63, 3.8) is 0 Å². The Morgan fingerprint density at radius 1 is 0.963 bits per heavy atom. The van der Waals surface area contributed by atoms with E-state index in [0.29, 0.717) is 6.42 Å². The molecule has 0 bridgehead atoms. The van der Waals surface area contributed by atoms with Gasteiger partial charge >= 0.3 is 0 Å². The van der Waals surface area contributed by atoms with Crippen LogP contribution in [0.5, 0.6) is 5.75 Å². The van der Waals surface area contributed by atoms with Crippen LogP contribution in [0.1, 0.15) is 23.1 Å². The Balaban J connectivity index is 1.62. The molecule has 0 aromatic heterocycles. The van der Waals surface area contributed by atoms with Crippen molar-refractivity contribution in [1.29, 1.82) is 0 Å². The lowest BCUT2D eigenvalue weighted by Gasteiger charge is -2.11. The summed E-state index contributed by atoms with van der Waals surface area (Å²) < 4.78 is 18.7. The van der Waals surface area contributed by atoms with Gasteiger partial charge in [-0.25, -0.2) is 4.39 Å². The van der Waals surface area contributed by atoms with Crippen molar-refractivity contribution < 1.29 is 13.9 Å². The number of amides is 1. The number of anilines is 1. The fourth-order valence-corrected chi connectivity index (χ4v) is 2.95. The quantitative estimate of drug-likeness (QED) is 0.642. The topological polar surface area (TPSA) is 38.3 Å². The first kappa shape index (κ1) is 18.6. The van der Waals surface area contributed by atoms with Crippen LogP contribution in [0.25, 0.3) is 0 Å². The lowest BCUT2D eigenvalue weighted by Crippen LogP contribution is -2.14. The van der Waals surface area contributed by atoms with E-state index in [1.807, 2.05) is 42.5 Å². The zero-order chi connectivity index (χ0) is 19.1. The average Bonchev–Trinajstić information content (AvgIpc) is 2.69. The number of halogens is 1. The molecule has 1 amide bonds. The fourth-order valence-electron chi connectivity index (χ4n) is 2.95. The summed E-state index contributed by atoms with van der Waals surface area (Å²) in [5, 5.41) is 2.98. The summed E-state index contributed by atoms with van der Waals surface area (Å²) >= 11 is 0. The van der Waals surface area contributed by atoms with Gasteiger partial charge < -0.3 is 10.1 Å². The van der Waals surface area contributed by atoms with E-state index < -0.39 is 5.82 Å². The standard InChI is InChI=1S/C23H22FNO2/c1-27-22-13-11-18(16-20(22)24)12-14-23(26)25-21-10-6-5-9-19(21)15-17-7-3-2-4-8-17/h2-11,13,16H,12,14-15H2,1H3,(H,25,26). The van der Waals surface area contributed by atoms with Gasteiger partial charge in [-0.05, 0) is 47.7 Å². The monoisotopic (exact) mass is 363 g/mol. The second-order valence-electron chi connectivity index (χ2n) is 6.34. The van der Waals surface area contributed by atoms with Crippen LogP contribution in [-0.2, 0) is 17.6 Å². The van der Waals surface area contributed by atoms with Crippen molar-refractivity contribution >= 4 is 11.6 Å². The molecule has 0 heterocycles. The fraction of sp³-hybridized carbons (Fsp3) is 0.174. The Morgan fingerprint density at radius 2 is 1.70 bits per heavy atom. The van der Waals surface area contributed by atoms with E-state index in [1.54, 1.807) is 12.1 Å². The third kappa shape index (κ3) is 5.17. The molecule has 1 N–H and O–H groups in total. The van der Waals surface area contributed by atoms with Crippen LogP contribution in [-0.4, -0.2) is 13.0 Å². The smallest absolute Gasteiger partial charge is 0.224 e. The highest BCUT2D eigenvalue weighted by molar-refractivity contribution is 5.91. The van der Waals surface area contributed by atoms with Gasteiger partial charge in [0.1, 0.15) is 0 Å². The van der Waals surface area contributed by atoms with E-state index in [0.717, 1.165) is 23.2 Å². The average molecular weight is 363 g/mol. The van der Waals surface area contributed by atoms with Gasteiger partial charge in [-0.2, -0.15) is 0 Å². The van der Waals surface area contributed by atoms with Crippen molar-refractivity contribution in [1.82, 2.24) is 0 Å². The number of ether oxygens (including phenoxy) is 1. The SMILES string of the molecule is COc1ccc(CCC(=O)Nc2ccccc2Cc2ccccc2)cc1F. The van der Waals surface area contributed by atoms with Gasteiger partial charge in [0.05, 0.1) is 7.11 Å². The Bertz CT molecular complexity index is 909. The molecule has 0 unspecified atom stereocenters. The second kappa shape index (κ2) is 8.99. The number of carbonyl (C=O) groups excluding carboxylic acids is 1. The van der Waals surface area contributed by atoms with E-state index in [9.17, 15) is 9.18 Å². The van der Waals surface area contributed by atoms with Crippen molar-refractivity contribution in [2.24, 2.45) is 0 Å². The molecular formula is C23H22FNO2. The maximum absolute atomic E-state index is 13.8. The van der Waals surface area contributed by atoms with E-state index in [4.69, 9.17) is 4.74 Å². The summed E-state index contributed by atoms with van der Waals surface area (Å²) in [7, 11) is 1.43. The van der Waals surface area contributed by atoms with Crippen molar-refractivity contribution in [3.05, 3.63) is 95.3 Å². The predicted octanol–water partition coefficient (Wildman–Crippen LogP) is 5.00. The number of para-hydroxylation sites is 1. The molecule has 0 spiro atoms. The summed E-state index contributed by atoms with van der Waals surface area (Å²) in [6.07, 6.45) is 1.50. The molecule has 0 aliphatic carbocycles. The number of hydrogen-bond acceptors (Lipinski definition) is 2. The number of carbonyl (C=O) groups is 1. The van der Waals surface area contributed by atoms with Gasteiger partial charge in [0.15, 0.2) is 11.6 Å². The molecule has 0 radical (unpaired) electrons. The maximum Gasteiger partial charge on any atom is 0.224 e. The molecule has 4 heteroatoms. The number of methoxy groups -OCH3 is 1. The summed E-state index contributed by atoms with van der Waals surface area (Å²) in [4.78, 5) is 12.4. The number of rotatable bonds is 7. The van der Waals surface area contributed by atoms with Crippen LogP contribution in [0.4, 0.5) is 10.1 Å². The van der Waals surface area contributed by atoms with Crippen LogP contribution in [0.2, 0.25) is 0 Å². The van der Waals surface area contributed by atoms with Crippen LogP contribution in [0.15, 0.2) is 72.8 Å². The van der Waals surface area contributed by atoms with E-state index in [2.05, 4.69) is 17.4 Å². The van der Waals surface area contributed by atoms with Gasteiger partial charge in [-0.3, -0.25) is 4.79 Å². The minimum absolute atomic E-state index is 0.0910. The largest absolute Gasteiger partial charge is 0.494 e. The van der Waals surface area contributed by atoms with Gasteiger partial charge in [0.2, 0.25) is 5.91 Å². The maximum atomic E-state index is 13.8. The molecule has 3 aromatic carbocycles. The zero-order valence-corrected chi connectivity index (χ0v) is 15.2. The highest BCUT2D eigenvalue weighted by Crippen LogP contribution is 2.21. The number of benzene rings is 3. The Morgan fingerprint density at radius 3 is 2.44 bits per heavy atom. The second-order valence-corrected chi connectivity index (χ2v) is 6.34. The number of hydrogen-bond donors (Lipinski definition) is 1. The molecular weight excluding hydrogens is 341 g/mol. The van der Waals surface area contributed by atoms with Gasteiger partial charge in [0.25, 0.3) is 0 Å². The first-order chi connectivity index (χ1) is 13.2. The van der Waals surface area contributed by atoms with Crippen LogP contribution in [0, 0.1) is 5.82 Å². The molecule has 27 heavy (non-hydrogen) atoms. The van der Waals surface area contributed by atoms with Crippen LogP contribution < -0.4 is 10.1 Å². The van der Waals surface area contributed by atoms with E-state index >= 15 is 0 Å². The molecule has 0 fully saturated rings. The highest BCUT2D eigenvalue weighted by Gasteiger charge is 2.09. The molecule has 138 valence electrons. The predicted molar refractivity (Wildman–Crippen MR) is 106 cm³/mol. The van der Waals surface area contributed by atoms with Crippen molar-refractivity contribution in [2.45, 2.75) is 19.3 Å². The molecule has 3 nitrogen and oxygen atoms in total. The third-order valence-electron chi connectivity index (χ3n) is 4.39. The summed E-state index contributed by atoms with van der Waals surface area (Å²) in [5.41, 5.74) is 3.83. The van der Waals surface area contributed by atoms with E-state index in [-0.39, 0.29) is 18.1 Å². The third-order valence-corrected chi connectivity index (χ3v) is 4.39. The van der Waals surface area contributed by atoms with Crippen molar-refractivity contribution in [2.75, 3.05) is 12.4 Å². The van der Waals surface area contributed by atoms with Gasteiger partial charge in [-0.1, -0.05) is 54.6 Å². The van der Waals surface area contributed by atoms with E-state index in [1.165, 1.54) is 18.7 Å². The number of aryl methyl sites for hydroxylation is 1. The van der Waals surface area contributed by atoms with Crippen LogP contribution >= 0.6 is 0 Å². The zero-order valence-electron chi connectivity index (χ0n) is 15.2. The summed E-state index contributed by atoms with van der Waals surface area (Å²) in [5.74, 6) is -0.298. The minimum Gasteiger partial charge on any atom is -0.494 e. The lowest BCUT2D eigenvalue weighted by molar-refractivity contribution is -0.116. The lowest BCUT2D eigenvalue weighted by atomic mass is 10.0. The minimum atomic E-state index is -0.413. The Labute approximate surface area is 158 Å². The van der Waals surface area contributed by atoms with Crippen molar-refractivity contribution in [3.8, 4) is 5.75 Å². The molecule has 0 saturated carbocycles. The van der Waals surface area contributed by atoms with Gasteiger partial charge in [-0.15, -0.1) is 0 Å². The normalized spacial score (nSPS) is 10.4. The highest BCUT2D eigenvalue weighted by atomic mass is 19.1. The van der Waals surface area contributed by atoms with Crippen LogP contribution in [0.3, 0.4) is 0 Å². The molecule has 0 saturated heterocycles. The first-order valence-electron chi connectivity index (χ1n) is 8.90. The molecule has 0 aliphatic rings. The van der Waals surface area contributed by atoms with Gasteiger partial charge in [0, 0.05) is 12.1 Å². The Kier molecular flexibility index (Phi) is 6.21. The first-order valence-corrected chi connectivity index (χ1v) is 8.90.